The Morgan fingerprint density at radius 3 is 1.22 bits per heavy atom. The minimum Gasteiger partial charge on any atom is -0.481 e. The molecule has 0 spiro atoms. The Balaban J connectivity index is 0. The minimum atomic E-state index is -0.952. The van der Waals surface area contributed by atoms with E-state index in [0.717, 1.165) is 25.7 Å². The number of hydrogen-bond acceptors (Lipinski definition) is 5. The normalized spacial score (nSPS) is 11.6. The van der Waals surface area contributed by atoms with Gasteiger partial charge in [-0.05, 0) is 12.8 Å². The summed E-state index contributed by atoms with van der Waals surface area (Å²) in [6.45, 7) is 4.01. The van der Waals surface area contributed by atoms with Crippen LogP contribution >= 0.6 is 0 Å². The van der Waals surface area contributed by atoms with Gasteiger partial charge < -0.3 is 20.1 Å². The minimum absolute atomic E-state index is 0.104. The molecule has 0 aromatic heterocycles. The number of carbonyl (C=O) groups excluding carboxylic acids is 1. The molecule has 6 heteroatoms. The van der Waals surface area contributed by atoms with Crippen molar-refractivity contribution in [3.63, 3.8) is 0 Å². The molecule has 0 heterocycles. The second kappa shape index (κ2) is 32.9. The zero-order chi connectivity index (χ0) is 27.8. The van der Waals surface area contributed by atoms with Gasteiger partial charge in [-0.25, -0.2) is 0 Å². The third kappa shape index (κ3) is 37.1. The van der Waals surface area contributed by atoms with Crippen molar-refractivity contribution in [2.45, 2.75) is 174 Å². The number of rotatable bonds is 27. The number of carboxylic acid groups (broad SMARTS) is 1. The van der Waals surface area contributed by atoms with Gasteiger partial charge in [0.2, 0.25) is 0 Å². The van der Waals surface area contributed by atoms with Gasteiger partial charge in [-0.1, -0.05) is 142 Å². The summed E-state index contributed by atoms with van der Waals surface area (Å²) in [5, 5.41) is 26.1. The summed E-state index contributed by atoms with van der Waals surface area (Å²) >= 11 is 0. The molecule has 37 heavy (non-hydrogen) atoms. The highest BCUT2D eigenvalue weighted by Crippen LogP contribution is 2.13. The largest absolute Gasteiger partial charge is 0.481 e. The lowest BCUT2D eigenvalue weighted by atomic mass is 10.0. The van der Waals surface area contributed by atoms with Crippen LogP contribution in [0, 0.1) is 0 Å². The Hall–Kier alpha value is -1.14. The zero-order valence-corrected chi connectivity index (χ0v) is 24.5. The molecule has 0 aliphatic rings. The summed E-state index contributed by atoms with van der Waals surface area (Å²) < 4.78 is 4.82. The van der Waals surface area contributed by atoms with E-state index < -0.39 is 12.1 Å². The fraction of sp³-hybridized carbons (Fsp3) is 0.935. The van der Waals surface area contributed by atoms with Gasteiger partial charge in [-0.15, -0.1) is 0 Å². The molecule has 0 aromatic rings. The van der Waals surface area contributed by atoms with Crippen molar-refractivity contribution in [1.29, 1.82) is 0 Å². The van der Waals surface area contributed by atoms with E-state index in [-0.39, 0.29) is 19.2 Å². The molecule has 0 saturated heterocycles. The van der Waals surface area contributed by atoms with E-state index >= 15 is 0 Å². The van der Waals surface area contributed by atoms with Gasteiger partial charge in [0.15, 0.2) is 0 Å². The number of aliphatic carboxylic acids is 1. The molecule has 0 radical (unpaired) electrons. The number of esters is 1. The second-order valence-electron chi connectivity index (χ2n) is 10.5. The Bertz CT molecular complexity index is 469. The van der Waals surface area contributed by atoms with Gasteiger partial charge >= 0.3 is 11.9 Å². The van der Waals surface area contributed by atoms with E-state index in [0.29, 0.717) is 12.8 Å². The first-order chi connectivity index (χ1) is 18.0. The molecule has 0 saturated carbocycles. The molecular weight excluding hydrogens is 468 g/mol. The standard InChI is InChI=1S/C16H32O2.C15H30O4/c1-2-3-4-5-6-7-8-9-10-11-12-13-14-15-16(17)18;1-2-3-4-5-6-7-8-9-10-11-15(18)19-13-14(17)12-16/h2-15H2,1H3,(H,17,18);14,16-17H,2-13H2,1H3. The summed E-state index contributed by atoms with van der Waals surface area (Å²) in [5.74, 6) is -0.937. The van der Waals surface area contributed by atoms with E-state index in [1.165, 1.54) is 116 Å². The lowest BCUT2D eigenvalue weighted by molar-refractivity contribution is -0.147. The third-order valence-corrected chi connectivity index (χ3v) is 6.63. The highest BCUT2D eigenvalue weighted by Gasteiger charge is 2.07. The smallest absolute Gasteiger partial charge is 0.305 e. The molecular formula is C31H62O6. The maximum absolute atomic E-state index is 11.3. The fourth-order valence-electron chi connectivity index (χ4n) is 4.19. The number of aliphatic hydroxyl groups is 2. The molecule has 3 N–H and O–H groups in total. The number of carboxylic acids is 1. The highest BCUT2D eigenvalue weighted by molar-refractivity contribution is 5.69. The molecule has 1 unspecified atom stereocenters. The molecule has 0 aliphatic carbocycles. The van der Waals surface area contributed by atoms with Crippen molar-refractivity contribution < 1.29 is 29.6 Å². The molecule has 6 nitrogen and oxygen atoms in total. The Morgan fingerprint density at radius 1 is 0.568 bits per heavy atom. The van der Waals surface area contributed by atoms with E-state index in [1.54, 1.807) is 0 Å². The first-order valence-electron chi connectivity index (χ1n) is 15.6. The molecule has 0 amide bonds. The topological polar surface area (TPSA) is 104 Å². The van der Waals surface area contributed by atoms with Crippen LogP contribution < -0.4 is 0 Å². The number of carbonyl (C=O) groups is 2. The fourth-order valence-corrected chi connectivity index (χ4v) is 4.19. The van der Waals surface area contributed by atoms with Gasteiger partial charge in [0.05, 0.1) is 6.61 Å². The summed E-state index contributed by atoms with van der Waals surface area (Å²) in [7, 11) is 0. The van der Waals surface area contributed by atoms with Crippen molar-refractivity contribution in [2.24, 2.45) is 0 Å². The summed E-state index contributed by atoms with van der Waals surface area (Å²) in [6.07, 6.45) is 27.7. The molecule has 0 bridgehead atoms. The van der Waals surface area contributed by atoms with Gasteiger partial charge in [0.25, 0.3) is 0 Å². The van der Waals surface area contributed by atoms with E-state index in [9.17, 15) is 9.59 Å². The van der Waals surface area contributed by atoms with Gasteiger partial charge in [-0.2, -0.15) is 0 Å². The lowest BCUT2D eigenvalue weighted by Gasteiger charge is -2.08. The summed E-state index contributed by atoms with van der Waals surface area (Å²) in [4.78, 5) is 21.6. The third-order valence-electron chi connectivity index (χ3n) is 6.63. The average Bonchev–Trinajstić information content (AvgIpc) is 2.89. The predicted molar refractivity (Wildman–Crippen MR) is 154 cm³/mol. The van der Waals surface area contributed by atoms with E-state index in [2.05, 4.69) is 13.8 Å². The SMILES string of the molecule is CCCCCCCCCCCC(=O)OCC(O)CO.CCCCCCCCCCCCCCCC(=O)O. The lowest BCUT2D eigenvalue weighted by Crippen LogP contribution is -2.21. The van der Waals surface area contributed by atoms with Crippen LogP contribution in [0.15, 0.2) is 0 Å². The van der Waals surface area contributed by atoms with Crippen molar-refractivity contribution in [3.8, 4) is 0 Å². The van der Waals surface area contributed by atoms with Crippen LogP contribution in [0.1, 0.15) is 168 Å². The number of ether oxygens (including phenoxy) is 1. The predicted octanol–water partition coefficient (Wildman–Crippen LogP) is 8.36. The van der Waals surface area contributed by atoms with Crippen molar-refractivity contribution in [1.82, 2.24) is 0 Å². The van der Waals surface area contributed by atoms with Crippen LogP contribution in [0.2, 0.25) is 0 Å². The number of unbranched alkanes of at least 4 members (excludes halogenated alkanes) is 20. The van der Waals surface area contributed by atoms with Crippen LogP contribution in [0.5, 0.6) is 0 Å². The average molecular weight is 531 g/mol. The van der Waals surface area contributed by atoms with E-state index in [1.807, 2.05) is 0 Å². The number of aliphatic hydroxyl groups excluding tert-OH is 2. The molecule has 0 aromatic carbocycles. The molecule has 0 aliphatic heterocycles. The molecule has 0 fully saturated rings. The maximum Gasteiger partial charge on any atom is 0.305 e. The highest BCUT2D eigenvalue weighted by atomic mass is 16.5. The van der Waals surface area contributed by atoms with Crippen LogP contribution in [0.25, 0.3) is 0 Å². The van der Waals surface area contributed by atoms with Gasteiger partial charge in [0.1, 0.15) is 12.7 Å². The first-order valence-corrected chi connectivity index (χ1v) is 15.6. The summed E-state index contributed by atoms with van der Waals surface area (Å²) in [6, 6.07) is 0. The van der Waals surface area contributed by atoms with Crippen LogP contribution in [0.3, 0.4) is 0 Å². The number of hydrogen-bond donors (Lipinski definition) is 3. The quantitative estimate of drug-likeness (QED) is 0.0728. The Labute approximate surface area is 229 Å². The molecule has 1 atom stereocenters. The van der Waals surface area contributed by atoms with Crippen molar-refractivity contribution >= 4 is 11.9 Å². The Kier molecular flexibility index (Phi) is 33.8. The van der Waals surface area contributed by atoms with Crippen molar-refractivity contribution in [3.05, 3.63) is 0 Å². The Morgan fingerprint density at radius 2 is 0.892 bits per heavy atom. The molecule has 0 rings (SSSR count). The second-order valence-corrected chi connectivity index (χ2v) is 10.5. The maximum atomic E-state index is 11.3. The van der Waals surface area contributed by atoms with Crippen molar-refractivity contribution in [2.75, 3.05) is 13.2 Å². The van der Waals surface area contributed by atoms with Crippen LogP contribution in [0.4, 0.5) is 0 Å². The van der Waals surface area contributed by atoms with E-state index in [4.69, 9.17) is 20.1 Å². The molecule has 222 valence electrons. The summed E-state index contributed by atoms with van der Waals surface area (Å²) in [5.41, 5.74) is 0. The van der Waals surface area contributed by atoms with Gasteiger partial charge in [0, 0.05) is 12.8 Å². The first kappa shape index (κ1) is 38.0. The van der Waals surface area contributed by atoms with Crippen LogP contribution in [-0.2, 0) is 14.3 Å². The van der Waals surface area contributed by atoms with Gasteiger partial charge in [-0.3, -0.25) is 9.59 Å². The monoisotopic (exact) mass is 530 g/mol. The van der Waals surface area contributed by atoms with Crippen LogP contribution in [-0.4, -0.2) is 46.6 Å². The zero-order valence-electron chi connectivity index (χ0n) is 24.5.